The predicted molar refractivity (Wildman–Crippen MR) is 115 cm³/mol. The Kier molecular flexibility index (Phi) is 4.89. The summed E-state index contributed by atoms with van der Waals surface area (Å²) in [6, 6.07) is 14.8. The van der Waals surface area contributed by atoms with E-state index >= 15 is 0 Å². The molecule has 7 nitrogen and oxygen atoms in total. The van der Waals surface area contributed by atoms with Crippen LogP contribution in [0.3, 0.4) is 0 Å². The zero-order chi connectivity index (χ0) is 21.5. The van der Waals surface area contributed by atoms with Crippen LogP contribution < -0.4 is 20.3 Å². The third-order valence-electron chi connectivity index (χ3n) is 5.62. The van der Waals surface area contributed by atoms with Gasteiger partial charge in [0.25, 0.3) is 5.56 Å². The molecule has 1 aromatic heterocycles. The molecule has 3 aromatic rings. The maximum atomic E-state index is 13.2. The van der Waals surface area contributed by atoms with E-state index in [0.717, 1.165) is 11.3 Å². The first-order valence-electron chi connectivity index (χ1n) is 9.86. The lowest BCUT2D eigenvalue weighted by molar-refractivity contribution is -0.120. The summed E-state index contributed by atoms with van der Waals surface area (Å²) in [5.41, 5.74) is 1.31. The highest BCUT2D eigenvalue weighted by Crippen LogP contribution is 2.35. The van der Waals surface area contributed by atoms with E-state index in [1.54, 1.807) is 16.4 Å². The monoisotopic (exact) mass is 407 g/mol. The van der Waals surface area contributed by atoms with Gasteiger partial charge in [-0.25, -0.2) is 4.68 Å². The first kappa shape index (κ1) is 19.8. The molecular weight excluding hydrogens is 382 g/mol. The van der Waals surface area contributed by atoms with Crippen molar-refractivity contribution < 1.29 is 14.3 Å². The van der Waals surface area contributed by atoms with Gasteiger partial charge in [-0.1, -0.05) is 24.3 Å². The zero-order valence-electron chi connectivity index (χ0n) is 17.6. The standard InChI is InChI=1S/C23H25N3O4/c1-15-20(21(27)26(25(15)4)17-8-6-5-7-9-17)24-22(28)23(2,3)16-10-11-18-19(14-16)30-13-12-29-18/h5-11,14H,12-13H2,1-4H3,(H,24,28). The van der Waals surface area contributed by atoms with Gasteiger partial charge in [-0.05, 0) is 50.6 Å². The van der Waals surface area contributed by atoms with Crippen LogP contribution in [0.5, 0.6) is 11.5 Å². The minimum Gasteiger partial charge on any atom is -0.486 e. The number of aromatic nitrogens is 2. The number of anilines is 1. The van der Waals surface area contributed by atoms with Crippen molar-refractivity contribution in [3.8, 4) is 17.2 Å². The molecule has 156 valence electrons. The van der Waals surface area contributed by atoms with Gasteiger partial charge >= 0.3 is 0 Å². The second-order valence-corrected chi connectivity index (χ2v) is 7.87. The highest BCUT2D eigenvalue weighted by molar-refractivity contribution is 5.99. The van der Waals surface area contributed by atoms with Crippen molar-refractivity contribution in [2.45, 2.75) is 26.2 Å². The molecular formula is C23H25N3O4. The van der Waals surface area contributed by atoms with Gasteiger partial charge in [0, 0.05) is 7.05 Å². The molecule has 0 atom stereocenters. The van der Waals surface area contributed by atoms with E-state index in [9.17, 15) is 9.59 Å². The Hall–Kier alpha value is -3.48. The Balaban J connectivity index is 1.66. The Morgan fingerprint density at radius 2 is 1.70 bits per heavy atom. The Bertz CT molecular complexity index is 1160. The van der Waals surface area contributed by atoms with Gasteiger partial charge in [-0.15, -0.1) is 0 Å². The van der Waals surface area contributed by atoms with Gasteiger partial charge in [-0.2, -0.15) is 0 Å². The van der Waals surface area contributed by atoms with Crippen LogP contribution in [-0.4, -0.2) is 28.5 Å². The van der Waals surface area contributed by atoms with E-state index in [0.29, 0.717) is 30.4 Å². The van der Waals surface area contributed by atoms with Crippen molar-refractivity contribution in [2.75, 3.05) is 18.5 Å². The first-order valence-corrected chi connectivity index (χ1v) is 9.86. The van der Waals surface area contributed by atoms with E-state index in [-0.39, 0.29) is 17.2 Å². The fraction of sp³-hybridized carbons (Fsp3) is 0.304. The van der Waals surface area contributed by atoms with E-state index in [4.69, 9.17) is 9.47 Å². The van der Waals surface area contributed by atoms with Crippen molar-refractivity contribution in [2.24, 2.45) is 7.05 Å². The van der Waals surface area contributed by atoms with Crippen LogP contribution in [0.15, 0.2) is 53.3 Å². The number of carbonyl (C=O) groups is 1. The Morgan fingerprint density at radius 1 is 1.03 bits per heavy atom. The molecule has 0 radical (unpaired) electrons. The molecule has 0 unspecified atom stereocenters. The quantitative estimate of drug-likeness (QED) is 0.721. The third-order valence-corrected chi connectivity index (χ3v) is 5.62. The van der Waals surface area contributed by atoms with E-state index in [1.807, 2.05) is 69.3 Å². The molecule has 1 aliphatic heterocycles. The molecule has 0 aliphatic carbocycles. The second kappa shape index (κ2) is 7.40. The molecule has 30 heavy (non-hydrogen) atoms. The topological polar surface area (TPSA) is 74.5 Å². The number of rotatable bonds is 4. The molecule has 0 saturated heterocycles. The van der Waals surface area contributed by atoms with E-state index < -0.39 is 5.41 Å². The van der Waals surface area contributed by atoms with Crippen LogP contribution in [0, 0.1) is 6.92 Å². The van der Waals surface area contributed by atoms with E-state index in [1.165, 1.54) is 0 Å². The number of para-hydroxylation sites is 1. The predicted octanol–water partition coefficient (Wildman–Crippen LogP) is 3.17. The number of benzene rings is 2. The number of amides is 1. The van der Waals surface area contributed by atoms with Crippen LogP contribution >= 0.6 is 0 Å². The van der Waals surface area contributed by atoms with Gasteiger partial charge in [0.05, 0.1) is 16.8 Å². The lowest BCUT2D eigenvalue weighted by atomic mass is 9.83. The number of nitrogens with one attached hydrogen (secondary N) is 1. The fourth-order valence-corrected chi connectivity index (χ4v) is 3.55. The van der Waals surface area contributed by atoms with Gasteiger partial charge in [-0.3, -0.25) is 14.3 Å². The number of carbonyl (C=O) groups excluding carboxylic acids is 1. The highest BCUT2D eigenvalue weighted by Gasteiger charge is 2.33. The van der Waals surface area contributed by atoms with Gasteiger partial charge in [0.1, 0.15) is 18.9 Å². The minimum atomic E-state index is -0.887. The highest BCUT2D eigenvalue weighted by atomic mass is 16.6. The van der Waals surface area contributed by atoms with Crippen LogP contribution in [0.4, 0.5) is 5.69 Å². The summed E-state index contributed by atoms with van der Waals surface area (Å²) in [6.07, 6.45) is 0. The summed E-state index contributed by atoms with van der Waals surface area (Å²) < 4.78 is 14.5. The molecule has 0 saturated carbocycles. The summed E-state index contributed by atoms with van der Waals surface area (Å²) >= 11 is 0. The van der Waals surface area contributed by atoms with Gasteiger partial charge < -0.3 is 14.8 Å². The SMILES string of the molecule is Cc1c(NC(=O)C(C)(C)c2ccc3c(c2)OCCO3)c(=O)n(-c2ccccc2)n1C. The van der Waals surface area contributed by atoms with Crippen LogP contribution in [0.1, 0.15) is 25.1 Å². The average molecular weight is 407 g/mol. The maximum Gasteiger partial charge on any atom is 0.295 e. The molecule has 4 rings (SSSR count). The normalized spacial score (nSPS) is 13.2. The summed E-state index contributed by atoms with van der Waals surface area (Å²) in [5, 5.41) is 2.86. The van der Waals surface area contributed by atoms with Crippen LogP contribution in [0.25, 0.3) is 5.69 Å². The van der Waals surface area contributed by atoms with Gasteiger partial charge in [0.2, 0.25) is 5.91 Å². The number of fused-ring (bicyclic) bond motifs is 1. The summed E-state index contributed by atoms with van der Waals surface area (Å²) in [4.78, 5) is 26.3. The third kappa shape index (κ3) is 3.26. The molecule has 0 fully saturated rings. The number of hydrogen-bond donors (Lipinski definition) is 1. The second-order valence-electron chi connectivity index (χ2n) is 7.87. The number of nitrogens with zero attached hydrogens (tertiary/aromatic N) is 2. The molecule has 2 aromatic carbocycles. The fourth-order valence-electron chi connectivity index (χ4n) is 3.55. The van der Waals surface area contributed by atoms with Crippen molar-refractivity contribution >= 4 is 11.6 Å². The zero-order valence-corrected chi connectivity index (χ0v) is 17.6. The smallest absolute Gasteiger partial charge is 0.295 e. The molecule has 0 bridgehead atoms. The number of ether oxygens (including phenoxy) is 2. The molecule has 1 amide bonds. The van der Waals surface area contributed by atoms with Crippen LogP contribution in [-0.2, 0) is 17.3 Å². The molecule has 0 spiro atoms. The number of hydrogen-bond acceptors (Lipinski definition) is 4. The Labute approximate surface area is 174 Å². The van der Waals surface area contributed by atoms with Crippen molar-refractivity contribution in [3.63, 3.8) is 0 Å². The summed E-state index contributed by atoms with van der Waals surface area (Å²) in [5.74, 6) is 1.03. The lowest BCUT2D eigenvalue weighted by Crippen LogP contribution is -2.36. The lowest BCUT2D eigenvalue weighted by Gasteiger charge is -2.26. The summed E-state index contributed by atoms with van der Waals surface area (Å²) in [6.45, 7) is 6.44. The van der Waals surface area contributed by atoms with Crippen LogP contribution in [0.2, 0.25) is 0 Å². The molecule has 7 heteroatoms. The Morgan fingerprint density at radius 3 is 2.40 bits per heavy atom. The summed E-state index contributed by atoms with van der Waals surface area (Å²) in [7, 11) is 1.80. The van der Waals surface area contributed by atoms with Crippen molar-refractivity contribution in [1.82, 2.24) is 9.36 Å². The molecule has 1 aliphatic rings. The van der Waals surface area contributed by atoms with Crippen molar-refractivity contribution in [3.05, 3.63) is 70.1 Å². The first-order chi connectivity index (χ1) is 14.3. The van der Waals surface area contributed by atoms with Gasteiger partial charge in [0.15, 0.2) is 11.5 Å². The van der Waals surface area contributed by atoms with Crippen molar-refractivity contribution in [1.29, 1.82) is 0 Å². The largest absolute Gasteiger partial charge is 0.486 e. The molecule has 1 N–H and O–H groups in total. The maximum absolute atomic E-state index is 13.2. The molecule has 2 heterocycles. The average Bonchev–Trinajstić information content (AvgIpc) is 2.97. The minimum absolute atomic E-state index is 0.271. The van der Waals surface area contributed by atoms with E-state index in [2.05, 4.69) is 5.32 Å².